The maximum atomic E-state index is 13.1. The minimum absolute atomic E-state index is 0.0826. The number of amides is 3. The number of thiazole rings is 1. The van der Waals surface area contributed by atoms with Crippen LogP contribution in [0.25, 0.3) is 0 Å². The molecule has 2 fully saturated rings. The summed E-state index contributed by atoms with van der Waals surface area (Å²) in [5, 5.41) is 3.48. The summed E-state index contributed by atoms with van der Waals surface area (Å²) in [4.78, 5) is 33.2. The molecule has 0 atom stereocenters. The van der Waals surface area contributed by atoms with Crippen molar-refractivity contribution in [2.45, 2.75) is 70.9 Å². The molecule has 150 valence electrons. The Balaban J connectivity index is 1.70. The highest BCUT2D eigenvalue weighted by Crippen LogP contribution is 2.32. The van der Waals surface area contributed by atoms with Crippen molar-refractivity contribution in [3.05, 3.63) is 10.5 Å². The number of aromatic nitrogens is 1. The third-order valence-electron chi connectivity index (χ3n) is 5.82. The van der Waals surface area contributed by atoms with Crippen LogP contribution in [0.2, 0.25) is 4.34 Å². The van der Waals surface area contributed by atoms with E-state index in [1.165, 1.54) is 11.3 Å². The molecule has 0 spiro atoms. The number of nitrogens with zero attached hydrogens (tertiary/aromatic N) is 3. The topological polar surface area (TPSA) is 65.5 Å². The molecule has 8 heteroatoms. The Morgan fingerprint density at radius 2 is 1.85 bits per heavy atom. The summed E-state index contributed by atoms with van der Waals surface area (Å²) in [6, 6.07) is 0.343. The molecule has 1 aromatic heterocycles. The van der Waals surface area contributed by atoms with Crippen LogP contribution in [0.15, 0.2) is 6.20 Å². The summed E-state index contributed by atoms with van der Waals surface area (Å²) in [5.41, 5.74) is 0. The smallest absolute Gasteiger partial charge is 0.324 e. The zero-order valence-corrected chi connectivity index (χ0v) is 17.7. The fraction of sp³-hybridized carbons (Fsp3) is 0.737. The molecule has 1 aliphatic carbocycles. The van der Waals surface area contributed by atoms with E-state index in [0.29, 0.717) is 15.9 Å². The Kier molecular flexibility index (Phi) is 6.98. The van der Waals surface area contributed by atoms with Crippen LogP contribution in [0, 0.1) is 5.92 Å². The Hall–Kier alpha value is -1.34. The van der Waals surface area contributed by atoms with E-state index in [1.807, 2.05) is 11.8 Å². The first-order valence-corrected chi connectivity index (χ1v) is 11.2. The van der Waals surface area contributed by atoms with Gasteiger partial charge in [-0.2, -0.15) is 0 Å². The molecule has 1 N–H and O–H groups in total. The van der Waals surface area contributed by atoms with Gasteiger partial charge in [0.15, 0.2) is 5.13 Å². The molecule has 1 saturated carbocycles. The molecule has 3 rings (SSSR count). The summed E-state index contributed by atoms with van der Waals surface area (Å²) < 4.78 is 0.565. The third kappa shape index (κ3) is 5.13. The van der Waals surface area contributed by atoms with E-state index in [2.05, 4.69) is 22.1 Å². The fourth-order valence-electron chi connectivity index (χ4n) is 4.24. The number of piperidine rings is 1. The minimum Gasteiger partial charge on any atom is -0.343 e. The van der Waals surface area contributed by atoms with Crippen molar-refractivity contribution in [3.63, 3.8) is 0 Å². The van der Waals surface area contributed by atoms with Crippen molar-refractivity contribution in [2.75, 3.05) is 18.4 Å². The predicted molar refractivity (Wildman–Crippen MR) is 109 cm³/mol. The van der Waals surface area contributed by atoms with Crippen LogP contribution in [0.1, 0.15) is 58.8 Å². The molecule has 27 heavy (non-hydrogen) atoms. The number of likely N-dealkylation sites (tertiary alicyclic amines) is 1. The lowest BCUT2D eigenvalue weighted by Crippen LogP contribution is -2.54. The lowest BCUT2D eigenvalue weighted by Gasteiger charge is -2.44. The second-order valence-electron chi connectivity index (χ2n) is 7.69. The second-order valence-corrected chi connectivity index (χ2v) is 9.35. The Morgan fingerprint density at radius 3 is 2.41 bits per heavy atom. The number of anilines is 1. The number of nitrogens with one attached hydrogen (secondary N) is 1. The van der Waals surface area contributed by atoms with E-state index in [4.69, 9.17) is 11.6 Å². The number of carbonyl (C=O) groups excluding carboxylic acids is 2. The van der Waals surface area contributed by atoms with Gasteiger partial charge in [-0.25, -0.2) is 9.78 Å². The first-order chi connectivity index (χ1) is 13.0. The highest BCUT2D eigenvalue weighted by atomic mass is 35.5. The van der Waals surface area contributed by atoms with Gasteiger partial charge in [0.05, 0.1) is 6.20 Å². The SMILES string of the molecule is CCC(=O)N1CCC(N(C(=O)Nc2ncc(Cl)s2)[C@H]2CC[C@H](C)CC2)CC1. The summed E-state index contributed by atoms with van der Waals surface area (Å²) in [6.07, 6.45) is 8.18. The third-order valence-corrected chi connectivity index (χ3v) is 6.85. The van der Waals surface area contributed by atoms with Gasteiger partial charge in [0, 0.05) is 31.6 Å². The van der Waals surface area contributed by atoms with Crippen molar-refractivity contribution >= 4 is 40.0 Å². The molecule has 6 nitrogen and oxygen atoms in total. The van der Waals surface area contributed by atoms with Crippen molar-refractivity contribution in [2.24, 2.45) is 5.92 Å². The van der Waals surface area contributed by atoms with Gasteiger partial charge in [-0.05, 0) is 44.4 Å². The van der Waals surface area contributed by atoms with Crippen LogP contribution in [-0.2, 0) is 4.79 Å². The van der Waals surface area contributed by atoms with E-state index in [1.54, 1.807) is 6.20 Å². The molecular weight excluding hydrogens is 384 g/mol. The van der Waals surface area contributed by atoms with Crippen LogP contribution < -0.4 is 5.32 Å². The average Bonchev–Trinajstić information content (AvgIpc) is 3.08. The first-order valence-electron chi connectivity index (χ1n) is 9.96. The maximum Gasteiger partial charge on any atom is 0.324 e. The fourth-order valence-corrected chi connectivity index (χ4v) is 5.04. The number of halogens is 1. The molecule has 3 amide bonds. The van der Waals surface area contributed by atoms with Crippen LogP contribution in [0.3, 0.4) is 0 Å². The monoisotopic (exact) mass is 412 g/mol. The largest absolute Gasteiger partial charge is 0.343 e. The quantitative estimate of drug-likeness (QED) is 0.785. The normalized spacial score (nSPS) is 23.9. The van der Waals surface area contributed by atoms with E-state index < -0.39 is 0 Å². The van der Waals surface area contributed by atoms with E-state index in [9.17, 15) is 9.59 Å². The van der Waals surface area contributed by atoms with Gasteiger partial charge in [0.1, 0.15) is 4.34 Å². The van der Waals surface area contributed by atoms with Gasteiger partial charge in [-0.3, -0.25) is 10.1 Å². The highest BCUT2D eigenvalue weighted by Gasteiger charge is 2.35. The number of rotatable bonds is 4. The molecule has 1 aliphatic heterocycles. The molecule has 0 bridgehead atoms. The first kappa shape index (κ1) is 20.4. The summed E-state index contributed by atoms with van der Waals surface area (Å²) in [5.74, 6) is 0.932. The zero-order valence-electron chi connectivity index (χ0n) is 16.1. The number of hydrogen-bond acceptors (Lipinski definition) is 4. The van der Waals surface area contributed by atoms with Crippen molar-refractivity contribution in [1.29, 1.82) is 0 Å². The van der Waals surface area contributed by atoms with E-state index in [0.717, 1.165) is 57.5 Å². The Morgan fingerprint density at radius 1 is 1.22 bits per heavy atom. The summed E-state index contributed by atoms with van der Waals surface area (Å²) >= 11 is 7.23. The maximum absolute atomic E-state index is 13.1. The van der Waals surface area contributed by atoms with Crippen LogP contribution in [0.5, 0.6) is 0 Å². The average molecular weight is 413 g/mol. The van der Waals surface area contributed by atoms with Gasteiger partial charge in [-0.1, -0.05) is 36.8 Å². The molecule has 1 saturated heterocycles. The van der Waals surface area contributed by atoms with Crippen molar-refractivity contribution in [3.8, 4) is 0 Å². The molecule has 0 unspecified atom stereocenters. The van der Waals surface area contributed by atoms with Gasteiger partial charge >= 0.3 is 6.03 Å². The molecule has 1 aromatic rings. The van der Waals surface area contributed by atoms with Crippen molar-refractivity contribution in [1.82, 2.24) is 14.8 Å². The molecular formula is C19H29ClN4O2S. The molecule has 2 heterocycles. The number of hydrogen-bond donors (Lipinski definition) is 1. The van der Waals surface area contributed by atoms with Gasteiger partial charge < -0.3 is 9.80 Å². The lowest BCUT2D eigenvalue weighted by atomic mass is 9.85. The lowest BCUT2D eigenvalue weighted by molar-refractivity contribution is -0.132. The highest BCUT2D eigenvalue weighted by molar-refractivity contribution is 7.19. The summed E-state index contributed by atoms with van der Waals surface area (Å²) in [6.45, 7) is 5.64. The predicted octanol–water partition coefficient (Wildman–Crippen LogP) is 4.61. The number of urea groups is 1. The molecule has 0 aromatic carbocycles. The van der Waals surface area contributed by atoms with Crippen LogP contribution in [0.4, 0.5) is 9.93 Å². The van der Waals surface area contributed by atoms with E-state index in [-0.39, 0.29) is 24.0 Å². The Labute approximate surface area is 170 Å². The molecule has 2 aliphatic rings. The minimum atomic E-state index is -0.0826. The van der Waals surface area contributed by atoms with E-state index >= 15 is 0 Å². The van der Waals surface area contributed by atoms with Gasteiger partial charge in [0.2, 0.25) is 5.91 Å². The standard InChI is InChI=1S/C19H29ClN4O2S/c1-3-17(25)23-10-8-15(9-11-23)24(14-6-4-13(2)5-7-14)19(26)22-18-21-12-16(20)27-18/h12-15H,3-11H2,1-2H3,(H,21,22,26)/t13-,14-. The van der Waals surface area contributed by atoms with Crippen LogP contribution in [-0.4, -0.2) is 51.9 Å². The zero-order chi connectivity index (χ0) is 19.4. The van der Waals surface area contributed by atoms with Crippen LogP contribution >= 0.6 is 22.9 Å². The van der Waals surface area contributed by atoms with Crippen molar-refractivity contribution < 1.29 is 9.59 Å². The van der Waals surface area contributed by atoms with Gasteiger partial charge in [-0.15, -0.1) is 0 Å². The second kappa shape index (κ2) is 9.24. The number of carbonyl (C=O) groups is 2. The Bertz CT molecular complexity index is 652. The molecule has 0 radical (unpaired) electrons. The summed E-state index contributed by atoms with van der Waals surface area (Å²) in [7, 11) is 0. The van der Waals surface area contributed by atoms with Gasteiger partial charge in [0.25, 0.3) is 0 Å².